The minimum atomic E-state index is -1.29. The Morgan fingerprint density at radius 1 is 1.06 bits per heavy atom. The number of hydrogen-bond acceptors (Lipinski definition) is 5. The van der Waals surface area contributed by atoms with Crippen LogP contribution in [0.15, 0.2) is 37.0 Å². The summed E-state index contributed by atoms with van der Waals surface area (Å²) in [6.45, 7) is 7.57. The third-order valence-electron chi connectivity index (χ3n) is 1.08. The number of esters is 2. The Kier molecular flexibility index (Phi) is 9.36. The zero-order chi connectivity index (χ0) is 14.7. The molecule has 0 saturated carbocycles. The lowest BCUT2D eigenvalue weighted by Gasteiger charge is -1.96. The van der Waals surface area contributed by atoms with Gasteiger partial charge in [0, 0.05) is 23.8 Å². The van der Waals surface area contributed by atoms with Gasteiger partial charge < -0.3 is 14.9 Å². The number of aliphatic carboxylic acids is 2. The van der Waals surface area contributed by atoms with Gasteiger partial charge in [-0.05, 0) is 6.92 Å². The Bertz CT molecular complexity index is 404. The third kappa shape index (κ3) is 13.3. The highest BCUT2D eigenvalue weighted by Crippen LogP contribution is 1.93. The normalized spacial score (nSPS) is 8.72. The first kappa shape index (κ1) is 17.7. The lowest BCUT2D eigenvalue weighted by Crippen LogP contribution is -2.10. The van der Waals surface area contributed by atoms with Crippen molar-refractivity contribution in [2.75, 3.05) is 0 Å². The van der Waals surface area contributed by atoms with Crippen LogP contribution < -0.4 is 0 Å². The van der Waals surface area contributed by atoms with Crippen LogP contribution in [0.2, 0.25) is 0 Å². The van der Waals surface area contributed by atoms with Crippen LogP contribution in [0.5, 0.6) is 0 Å². The summed E-state index contributed by atoms with van der Waals surface area (Å²) in [5.74, 6) is -4.18. The van der Waals surface area contributed by atoms with E-state index in [0.29, 0.717) is 12.2 Å². The molecule has 7 heteroatoms. The van der Waals surface area contributed by atoms with Crippen LogP contribution in [-0.4, -0.2) is 34.1 Å². The molecule has 0 heterocycles. The number of ether oxygens (including phenoxy) is 1. The fourth-order valence-electron chi connectivity index (χ4n) is 0.352. The molecule has 0 aliphatic carbocycles. The number of carbonyl (C=O) groups is 4. The lowest BCUT2D eigenvalue weighted by molar-refractivity contribution is -0.153. The molecule has 18 heavy (non-hydrogen) atoms. The van der Waals surface area contributed by atoms with E-state index >= 15 is 0 Å². The highest BCUT2D eigenvalue weighted by Gasteiger charge is 2.07. The van der Waals surface area contributed by atoms with Crippen molar-refractivity contribution in [3.05, 3.63) is 37.0 Å². The van der Waals surface area contributed by atoms with Crippen LogP contribution in [0.3, 0.4) is 0 Å². The summed E-state index contributed by atoms with van der Waals surface area (Å²) in [5, 5.41) is 15.7. The highest BCUT2D eigenvalue weighted by atomic mass is 16.6. The molecular formula is C11H12O7. The minimum absolute atomic E-state index is 0.0667. The minimum Gasteiger partial charge on any atom is -0.478 e. The molecular weight excluding hydrogens is 244 g/mol. The quantitative estimate of drug-likeness (QED) is 0.428. The molecule has 0 fully saturated rings. The van der Waals surface area contributed by atoms with Crippen molar-refractivity contribution in [2.45, 2.75) is 6.92 Å². The zero-order valence-electron chi connectivity index (χ0n) is 9.58. The van der Waals surface area contributed by atoms with E-state index in [9.17, 15) is 19.2 Å². The van der Waals surface area contributed by atoms with E-state index in [1.165, 1.54) is 6.92 Å². The van der Waals surface area contributed by atoms with Crippen LogP contribution in [0.1, 0.15) is 6.92 Å². The van der Waals surface area contributed by atoms with E-state index in [0.717, 1.165) is 6.08 Å². The van der Waals surface area contributed by atoms with Gasteiger partial charge in [0.15, 0.2) is 0 Å². The largest absolute Gasteiger partial charge is 0.478 e. The van der Waals surface area contributed by atoms with Crippen LogP contribution in [0.4, 0.5) is 0 Å². The van der Waals surface area contributed by atoms with Gasteiger partial charge in [0.25, 0.3) is 0 Å². The first-order valence-electron chi connectivity index (χ1n) is 4.38. The fourth-order valence-corrected chi connectivity index (χ4v) is 0.352. The van der Waals surface area contributed by atoms with Gasteiger partial charge in [0.2, 0.25) is 0 Å². The Morgan fingerprint density at radius 3 is 1.78 bits per heavy atom. The van der Waals surface area contributed by atoms with Crippen molar-refractivity contribution in [3.63, 3.8) is 0 Å². The zero-order valence-corrected chi connectivity index (χ0v) is 9.58. The molecule has 0 aliphatic rings. The van der Waals surface area contributed by atoms with Crippen molar-refractivity contribution in [1.82, 2.24) is 0 Å². The predicted molar refractivity (Wildman–Crippen MR) is 60.5 cm³/mol. The molecule has 0 amide bonds. The van der Waals surface area contributed by atoms with E-state index in [2.05, 4.69) is 17.9 Å². The van der Waals surface area contributed by atoms with E-state index in [-0.39, 0.29) is 5.57 Å². The number of carboxylic acids is 2. The molecule has 0 saturated heterocycles. The molecule has 0 aliphatic heterocycles. The van der Waals surface area contributed by atoms with Gasteiger partial charge in [-0.3, -0.25) is 0 Å². The molecule has 7 nitrogen and oxygen atoms in total. The van der Waals surface area contributed by atoms with Gasteiger partial charge in [0.1, 0.15) is 0 Å². The molecule has 0 bridgehead atoms. The summed E-state index contributed by atoms with van der Waals surface area (Å²) in [4.78, 5) is 40.5. The average molecular weight is 256 g/mol. The van der Waals surface area contributed by atoms with Gasteiger partial charge in [0.05, 0.1) is 0 Å². The number of rotatable bonds is 4. The monoisotopic (exact) mass is 256 g/mol. The maximum absolute atomic E-state index is 10.7. The summed E-state index contributed by atoms with van der Waals surface area (Å²) in [7, 11) is 0. The lowest BCUT2D eigenvalue weighted by atomic mass is 10.4. The van der Waals surface area contributed by atoms with Crippen LogP contribution in [0.25, 0.3) is 0 Å². The van der Waals surface area contributed by atoms with Crippen molar-refractivity contribution in [1.29, 1.82) is 0 Å². The van der Waals surface area contributed by atoms with Crippen LogP contribution in [0, 0.1) is 0 Å². The Morgan fingerprint density at radius 2 is 1.50 bits per heavy atom. The van der Waals surface area contributed by atoms with Crippen molar-refractivity contribution in [2.24, 2.45) is 0 Å². The number of carbonyl (C=O) groups excluding carboxylic acids is 2. The number of hydrogen-bond donors (Lipinski definition) is 2. The Balaban J connectivity index is 0. The van der Waals surface area contributed by atoms with Crippen molar-refractivity contribution in [3.8, 4) is 0 Å². The molecule has 0 aromatic carbocycles. The average Bonchev–Trinajstić information content (AvgIpc) is 2.26. The summed E-state index contributed by atoms with van der Waals surface area (Å²) in [6.07, 6.45) is 2.05. The van der Waals surface area contributed by atoms with E-state index in [1.807, 2.05) is 0 Å². The topological polar surface area (TPSA) is 118 Å². The molecule has 0 spiro atoms. The summed E-state index contributed by atoms with van der Waals surface area (Å²) >= 11 is 0. The van der Waals surface area contributed by atoms with Gasteiger partial charge in [-0.15, -0.1) is 0 Å². The molecule has 2 N–H and O–H groups in total. The van der Waals surface area contributed by atoms with Crippen molar-refractivity contribution >= 4 is 23.9 Å². The summed E-state index contributed by atoms with van der Waals surface area (Å²) < 4.78 is 4.13. The SMILES string of the molecule is C=C(C)C(=O)OC(=O)C=CC(=O)O.C=CC(=O)O. The second-order valence-corrected chi connectivity index (χ2v) is 2.70. The van der Waals surface area contributed by atoms with Gasteiger partial charge >= 0.3 is 23.9 Å². The second-order valence-electron chi connectivity index (χ2n) is 2.70. The van der Waals surface area contributed by atoms with Crippen LogP contribution >= 0.6 is 0 Å². The molecule has 98 valence electrons. The highest BCUT2D eigenvalue weighted by molar-refractivity contribution is 6.00. The van der Waals surface area contributed by atoms with Crippen LogP contribution in [-0.2, 0) is 23.9 Å². The number of carboxylic acid groups (broad SMARTS) is 2. The standard InChI is InChI=1S/C8H8O5.C3H4O2/c1-5(2)8(12)13-7(11)4-3-6(9)10;1-2-3(4)5/h3-4H,1H2,2H3,(H,9,10);2H,1H2,(H,4,5). The Labute approximate surface area is 103 Å². The van der Waals surface area contributed by atoms with Gasteiger partial charge in [-0.25, -0.2) is 19.2 Å². The molecule has 0 aromatic rings. The van der Waals surface area contributed by atoms with Gasteiger partial charge in [-0.2, -0.15) is 0 Å². The van der Waals surface area contributed by atoms with E-state index < -0.39 is 23.9 Å². The maximum atomic E-state index is 10.7. The third-order valence-corrected chi connectivity index (χ3v) is 1.08. The predicted octanol–water partition coefficient (Wildman–Crippen LogP) is 0.530. The second kappa shape index (κ2) is 9.52. The van der Waals surface area contributed by atoms with Crippen molar-refractivity contribution < 1.29 is 34.1 Å². The first-order valence-corrected chi connectivity index (χ1v) is 4.38. The Hall–Kier alpha value is -2.70. The maximum Gasteiger partial charge on any atom is 0.340 e. The molecule has 0 aromatic heterocycles. The fraction of sp³-hybridized carbons (Fsp3) is 0.0909. The molecule has 0 radical (unpaired) electrons. The molecule has 0 rings (SSSR count). The first-order chi connectivity index (χ1) is 8.20. The van der Waals surface area contributed by atoms with E-state index in [4.69, 9.17) is 10.2 Å². The van der Waals surface area contributed by atoms with E-state index in [1.54, 1.807) is 0 Å². The molecule has 0 unspecified atom stereocenters. The van der Waals surface area contributed by atoms with Gasteiger partial charge in [-0.1, -0.05) is 13.2 Å². The summed E-state index contributed by atoms with van der Waals surface area (Å²) in [5.41, 5.74) is 0.0667. The summed E-state index contributed by atoms with van der Waals surface area (Å²) in [6, 6.07) is 0. The molecule has 0 atom stereocenters. The smallest absolute Gasteiger partial charge is 0.340 e.